The topological polar surface area (TPSA) is 38.0 Å². The van der Waals surface area contributed by atoms with Crippen molar-refractivity contribution in [3.05, 3.63) is 22.4 Å². The Morgan fingerprint density at radius 1 is 1.53 bits per heavy atom. The first-order chi connectivity index (χ1) is 7.02. The average Bonchev–Trinajstić information content (AvgIpc) is 2.72. The second-order valence-electron chi connectivity index (χ2n) is 5.33. The van der Waals surface area contributed by atoms with E-state index in [1.165, 1.54) is 17.7 Å². The molecule has 1 aliphatic rings. The summed E-state index contributed by atoms with van der Waals surface area (Å²) in [5, 5.41) is 5.64. The molecule has 0 amide bonds. The first-order valence-electron chi connectivity index (χ1n) is 5.56. The van der Waals surface area contributed by atoms with Crippen molar-refractivity contribution < 1.29 is 0 Å². The molecule has 2 nitrogen and oxygen atoms in total. The number of nitrogens with two attached hydrogens (primary N) is 1. The predicted molar refractivity (Wildman–Crippen MR) is 66.4 cm³/mol. The van der Waals surface area contributed by atoms with Crippen LogP contribution in [0.3, 0.4) is 0 Å². The van der Waals surface area contributed by atoms with E-state index >= 15 is 0 Å². The third-order valence-corrected chi connectivity index (χ3v) is 4.36. The van der Waals surface area contributed by atoms with E-state index in [4.69, 9.17) is 5.73 Å². The van der Waals surface area contributed by atoms with Crippen molar-refractivity contribution >= 4 is 11.3 Å². The fourth-order valence-electron chi connectivity index (χ4n) is 1.71. The molecule has 1 aromatic heterocycles. The van der Waals surface area contributed by atoms with Crippen LogP contribution in [-0.2, 0) is 5.41 Å². The van der Waals surface area contributed by atoms with Gasteiger partial charge in [0.1, 0.15) is 0 Å². The molecule has 0 radical (unpaired) electrons. The molecule has 0 aromatic carbocycles. The molecule has 1 aliphatic carbocycles. The van der Waals surface area contributed by atoms with Crippen LogP contribution < -0.4 is 11.1 Å². The first-order valence-corrected chi connectivity index (χ1v) is 6.43. The Balaban J connectivity index is 1.82. The van der Waals surface area contributed by atoms with Crippen molar-refractivity contribution in [2.24, 2.45) is 5.73 Å². The molecule has 0 spiro atoms. The molecular weight excluding hydrogens is 204 g/mol. The minimum absolute atomic E-state index is 0.117. The standard InChI is InChI=1S/C12H20N2S/c1-11(2,10-4-3-7-15-10)8-14-9-12(13)5-6-12/h3-4,7,14H,5-6,8-9,13H2,1-2H3. The van der Waals surface area contributed by atoms with Crippen LogP contribution >= 0.6 is 11.3 Å². The summed E-state index contributed by atoms with van der Waals surface area (Å²) in [5.74, 6) is 0. The van der Waals surface area contributed by atoms with Crippen molar-refractivity contribution in [2.45, 2.75) is 37.6 Å². The maximum Gasteiger partial charge on any atom is 0.0282 e. The van der Waals surface area contributed by atoms with Gasteiger partial charge in [0, 0.05) is 28.9 Å². The van der Waals surface area contributed by atoms with Crippen LogP contribution in [0, 0.1) is 0 Å². The largest absolute Gasteiger partial charge is 0.324 e. The zero-order valence-electron chi connectivity index (χ0n) is 9.55. The number of hydrogen-bond donors (Lipinski definition) is 2. The van der Waals surface area contributed by atoms with Crippen molar-refractivity contribution in [2.75, 3.05) is 13.1 Å². The third-order valence-electron chi connectivity index (χ3n) is 3.12. The maximum atomic E-state index is 6.03. The van der Waals surface area contributed by atoms with E-state index in [0.29, 0.717) is 0 Å². The van der Waals surface area contributed by atoms with E-state index in [1.807, 2.05) is 11.3 Å². The Bertz CT molecular complexity index is 312. The summed E-state index contributed by atoms with van der Waals surface area (Å²) in [5.41, 5.74) is 6.37. The van der Waals surface area contributed by atoms with E-state index in [1.54, 1.807) is 0 Å². The molecule has 0 atom stereocenters. The summed E-state index contributed by atoms with van der Waals surface area (Å²) < 4.78 is 0. The Morgan fingerprint density at radius 3 is 2.80 bits per heavy atom. The summed E-state index contributed by atoms with van der Waals surface area (Å²) in [6, 6.07) is 4.33. The van der Waals surface area contributed by atoms with Gasteiger partial charge in [-0.2, -0.15) is 0 Å². The Morgan fingerprint density at radius 2 is 2.27 bits per heavy atom. The van der Waals surface area contributed by atoms with E-state index in [9.17, 15) is 0 Å². The van der Waals surface area contributed by atoms with Crippen LogP contribution in [0.5, 0.6) is 0 Å². The molecule has 1 saturated carbocycles. The molecule has 3 N–H and O–H groups in total. The van der Waals surface area contributed by atoms with Crippen LogP contribution in [0.1, 0.15) is 31.6 Å². The normalized spacial score (nSPS) is 19.1. The summed E-state index contributed by atoms with van der Waals surface area (Å²) in [4.78, 5) is 1.44. The molecule has 84 valence electrons. The SMILES string of the molecule is CC(C)(CNCC1(N)CC1)c1cccs1. The summed E-state index contributed by atoms with van der Waals surface area (Å²) in [7, 11) is 0. The number of hydrogen-bond acceptors (Lipinski definition) is 3. The maximum absolute atomic E-state index is 6.03. The van der Waals surface area contributed by atoms with Gasteiger partial charge in [0.05, 0.1) is 0 Å². The highest BCUT2D eigenvalue weighted by atomic mass is 32.1. The lowest BCUT2D eigenvalue weighted by molar-refractivity contribution is 0.454. The molecule has 0 bridgehead atoms. The zero-order valence-corrected chi connectivity index (χ0v) is 10.4. The lowest BCUT2D eigenvalue weighted by atomic mass is 9.91. The molecule has 1 aromatic rings. The van der Waals surface area contributed by atoms with E-state index in [2.05, 4.69) is 36.7 Å². The van der Waals surface area contributed by atoms with Crippen molar-refractivity contribution in [3.8, 4) is 0 Å². The lowest BCUT2D eigenvalue weighted by Crippen LogP contribution is -2.41. The second kappa shape index (κ2) is 3.89. The average molecular weight is 224 g/mol. The highest BCUT2D eigenvalue weighted by molar-refractivity contribution is 7.10. The van der Waals surface area contributed by atoms with Gasteiger partial charge >= 0.3 is 0 Å². The van der Waals surface area contributed by atoms with Gasteiger partial charge in [0.2, 0.25) is 0 Å². The highest BCUT2D eigenvalue weighted by Gasteiger charge is 2.37. The minimum Gasteiger partial charge on any atom is -0.324 e. The molecule has 1 heterocycles. The molecule has 1 fully saturated rings. The van der Waals surface area contributed by atoms with Crippen molar-refractivity contribution in [1.82, 2.24) is 5.32 Å². The summed E-state index contributed by atoms with van der Waals surface area (Å²) in [6.07, 6.45) is 2.36. The van der Waals surface area contributed by atoms with Gasteiger partial charge in [-0.25, -0.2) is 0 Å². The van der Waals surface area contributed by atoms with Crippen LogP contribution in [0.4, 0.5) is 0 Å². The molecule has 0 unspecified atom stereocenters. The van der Waals surface area contributed by atoms with Crippen LogP contribution in [-0.4, -0.2) is 18.6 Å². The van der Waals surface area contributed by atoms with E-state index < -0.39 is 0 Å². The van der Waals surface area contributed by atoms with Gasteiger partial charge in [-0.1, -0.05) is 19.9 Å². The molecular formula is C12H20N2S. The van der Waals surface area contributed by atoms with E-state index in [0.717, 1.165) is 13.1 Å². The Labute approximate surface area is 95.9 Å². The lowest BCUT2D eigenvalue weighted by Gasteiger charge is -2.24. The van der Waals surface area contributed by atoms with Gasteiger partial charge in [-0.15, -0.1) is 11.3 Å². The second-order valence-corrected chi connectivity index (χ2v) is 6.27. The smallest absolute Gasteiger partial charge is 0.0282 e. The Kier molecular flexibility index (Phi) is 2.88. The number of rotatable bonds is 5. The number of nitrogens with one attached hydrogen (secondary N) is 1. The fraction of sp³-hybridized carbons (Fsp3) is 0.667. The summed E-state index contributed by atoms with van der Waals surface area (Å²) >= 11 is 1.83. The van der Waals surface area contributed by atoms with Crippen LogP contribution in [0.2, 0.25) is 0 Å². The van der Waals surface area contributed by atoms with Gasteiger partial charge in [0.15, 0.2) is 0 Å². The molecule has 15 heavy (non-hydrogen) atoms. The molecule has 3 heteroatoms. The quantitative estimate of drug-likeness (QED) is 0.804. The summed E-state index contributed by atoms with van der Waals surface area (Å²) in [6.45, 7) is 6.53. The monoisotopic (exact) mass is 224 g/mol. The van der Waals surface area contributed by atoms with Gasteiger partial charge in [0.25, 0.3) is 0 Å². The predicted octanol–water partition coefficient (Wildman–Crippen LogP) is 2.11. The van der Waals surface area contributed by atoms with Gasteiger partial charge in [-0.3, -0.25) is 0 Å². The Hall–Kier alpha value is -0.380. The number of thiophene rings is 1. The molecule has 0 aliphatic heterocycles. The molecule has 2 rings (SSSR count). The van der Waals surface area contributed by atoms with Crippen molar-refractivity contribution in [1.29, 1.82) is 0 Å². The highest BCUT2D eigenvalue weighted by Crippen LogP contribution is 2.32. The molecule has 0 saturated heterocycles. The van der Waals surface area contributed by atoms with Gasteiger partial charge < -0.3 is 11.1 Å². The van der Waals surface area contributed by atoms with Crippen LogP contribution in [0.25, 0.3) is 0 Å². The van der Waals surface area contributed by atoms with Crippen molar-refractivity contribution in [3.63, 3.8) is 0 Å². The zero-order chi connectivity index (χ0) is 10.9. The van der Waals surface area contributed by atoms with E-state index in [-0.39, 0.29) is 11.0 Å². The minimum atomic E-state index is 0.117. The fourth-order valence-corrected chi connectivity index (χ4v) is 2.56. The van der Waals surface area contributed by atoms with Gasteiger partial charge in [-0.05, 0) is 24.3 Å². The van der Waals surface area contributed by atoms with Crippen LogP contribution in [0.15, 0.2) is 17.5 Å². The third kappa shape index (κ3) is 2.80. The first kappa shape index (κ1) is 11.1.